The van der Waals surface area contributed by atoms with E-state index in [-0.39, 0.29) is 5.82 Å². The van der Waals surface area contributed by atoms with Gasteiger partial charge < -0.3 is 15.2 Å². The van der Waals surface area contributed by atoms with Gasteiger partial charge >= 0.3 is 5.97 Å². The molecule has 100 valence electrons. The molecule has 0 saturated heterocycles. The lowest BCUT2D eigenvalue weighted by Gasteiger charge is -2.13. The van der Waals surface area contributed by atoms with Gasteiger partial charge in [-0.25, -0.2) is 4.39 Å². The van der Waals surface area contributed by atoms with Crippen molar-refractivity contribution in [2.24, 2.45) is 0 Å². The number of benzene rings is 1. The Morgan fingerprint density at radius 2 is 2.11 bits per heavy atom. The highest BCUT2D eigenvalue weighted by molar-refractivity contribution is 5.73. The molecule has 0 heterocycles. The van der Waals surface area contributed by atoms with Crippen molar-refractivity contribution in [2.75, 3.05) is 13.2 Å². The third-order valence-electron chi connectivity index (χ3n) is 2.45. The lowest BCUT2D eigenvalue weighted by atomic mass is 10.2. The van der Waals surface area contributed by atoms with Crippen molar-refractivity contribution in [2.45, 2.75) is 25.8 Å². The molecule has 2 N–H and O–H groups in total. The largest absolute Gasteiger partial charge is 0.492 e. The number of nitrogens with one attached hydrogen (secondary N) is 1. The summed E-state index contributed by atoms with van der Waals surface area (Å²) < 4.78 is 18.0. The number of carboxylic acids is 1. The maximum atomic E-state index is 12.6. The molecule has 0 saturated carbocycles. The Kier molecular flexibility index (Phi) is 6.14. The van der Waals surface area contributed by atoms with Gasteiger partial charge in [0, 0.05) is 6.54 Å². The van der Waals surface area contributed by atoms with Crippen LogP contribution in [0.25, 0.3) is 0 Å². The third-order valence-corrected chi connectivity index (χ3v) is 2.45. The number of halogens is 1. The van der Waals surface area contributed by atoms with Gasteiger partial charge in [0.2, 0.25) is 0 Å². The molecule has 0 spiro atoms. The number of hydrogen-bond acceptors (Lipinski definition) is 3. The van der Waals surface area contributed by atoms with E-state index in [4.69, 9.17) is 9.84 Å². The van der Waals surface area contributed by atoms with Gasteiger partial charge in [-0.15, -0.1) is 0 Å². The molecule has 1 unspecified atom stereocenters. The van der Waals surface area contributed by atoms with Crippen LogP contribution in [0.1, 0.15) is 19.8 Å². The zero-order valence-corrected chi connectivity index (χ0v) is 10.4. The van der Waals surface area contributed by atoms with E-state index >= 15 is 0 Å². The Labute approximate surface area is 106 Å². The minimum atomic E-state index is -0.848. The quantitative estimate of drug-likeness (QED) is 0.698. The summed E-state index contributed by atoms with van der Waals surface area (Å²) in [5, 5.41) is 11.8. The fourth-order valence-electron chi connectivity index (χ4n) is 1.53. The maximum Gasteiger partial charge on any atom is 0.320 e. The van der Waals surface area contributed by atoms with E-state index in [1.807, 2.05) is 6.92 Å². The molecule has 5 heteroatoms. The highest BCUT2D eigenvalue weighted by Gasteiger charge is 2.14. The molecule has 1 aromatic carbocycles. The number of aliphatic carboxylic acids is 1. The van der Waals surface area contributed by atoms with Gasteiger partial charge in [0.15, 0.2) is 0 Å². The molecule has 1 rings (SSSR count). The molecule has 0 aliphatic rings. The van der Waals surface area contributed by atoms with Gasteiger partial charge in [-0.3, -0.25) is 4.79 Å². The average Bonchev–Trinajstić information content (AvgIpc) is 2.35. The first-order valence-corrected chi connectivity index (χ1v) is 5.98. The van der Waals surface area contributed by atoms with Gasteiger partial charge in [-0.1, -0.05) is 13.3 Å². The van der Waals surface area contributed by atoms with Crippen LogP contribution < -0.4 is 10.1 Å². The summed E-state index contributed by atoms with van der Waals surface area (Å²) in [5.74, 6) is -0.589. The van der Waals surface area contributed by atoms with Crippen LogP contribution in [0.2, 0.25) is 0 Å². The van der Waals surface area contributed by atoms with Gasteiger partial charge in [0.25, 0.3) is 0 Å². The molecule has 0 aliphatic carbocycles. The van der Waals surface area contributed by atoms with Crippen LogP contribution in [0.5, 0.6) is 5.75 Å². The molecular formula is C13H18FNO3. The molecule has 0 fully saturated rings. The molecule has 0 radical (unpaired) electrons. The number of hydrogen-bond donors (Lipinski definition) is 2. The second-order valence-electron chi connectivity index (χ2n) is 3.94. The van der Waals surface area contributed by atoms with E-state index in [1.54, 1.807) is 0 Å². The molecule has 1 atom stereocenters. The molecular weight excluding hydrogens is 237 g/mol. The minimum Gasteiger partial charge on any atom is -0.492 e. The maximum absolute atomic E-state index is 12.6. The summed E-state index contributed by atoms with van der Waals surface area (Å²) in [4.78, 5) is 10.8. The second kappa shape index (κ2) is 7.66. The first kappa shape index (κ1) is 14.4. The topological polar surface area (TPSA) is 58.6 Å². The summed E-state index contributed by atoms with van der Waals surface area (Å²) in [5.41, 5.74) is 0. The van der Waals surface area contributed by atoms with Crippen LogP contribution in [0.3, 0.4) is 0 Å². The molecule has 0 amide bonds. The Balaban J connectivity index is 2.25. The summed E-state index contributed by atoms with van der Waals surface area (Å²) in [6.07, 6.45) is 1.40. The summed E-state index contributed by atoms with van der Waals surface area (Å²) in [6.45, 7) is 2.72. The number of carboxylic acid groups (broad SMARTS) is 1. The summed E-state index contributed by atoms with van der Waals surface area (Å²) >= 11 is 0. The van der Waals surface area contributed by atoms with Gasteiger partial charge in [-0.2, -0.15) is 0 Å². The average molecular weight is 255 g/mol. The van der Waals surface area contributed by atoms with Crippen LogP contribution in [-0.4, -0.2) is 30.3 Å². The van der Waals surface area contributed by atoms with Gasteiger partial charge in [0.05, 0.1) is 0 Å². The second-order valence-corrected chi connectivity index (χ2v) is 3.94. The van der Waals surface area contributed by atoms with E-state index < -0.39 is 12.0 Å². The van der Waals surface area contributed by atoms with Crippen LogP contribution in [-0.2, 0) is 4.79 Å². The van der Waals surface area contributed by atoms with E-state index in [2.05, 4.69) is 5.32 Å². The Hall–Kier alpha value is -1.62. The zero-order chi connectivity index (χ0) is 13.4. The van der Waals surface area contributed by atoms with Gasteiger partial charge in [-0.05, 0) is 30.7 Å². The first-order chi connectivity index (χ1) is 8.63. The predicted octanol–water partition coefficient (Wildman–Crippen LogP) is 2.05. The first-order valence-electron chi connectivity index (χ1n) is 5.98. The smallest absolute Gasteiger partial charge is 0.320 e. The Bertz CT molecular complexity index is 367. The van der Waals surface area contributed by atoms with Crippen molar-refractivity contribution in [1.82, 2.24) is 5.32 Å². The number of carbonyl (C=O) groups is 1. The third kappa shape index (κ3) is 5.14. The fourth-order valence-corrected chi connectivity index (χ4v) is 1.53. The minimum absolute atomic E-state index is 0.311. The lowest BCUT2D eigenvalue weighted by molar-refractivity contribution is -0.139. The predicted molar refractivity (Wildman–Crippen MR) is 66.2 cm³/mol. The van der Waals surface area contributed by atoms with E-state index in [9.17, 15) is 9.18 Å². The standard InChI is InChI=1S/C13H18FNO3/c1-2-3-12(13(16)17)15-8-9-18-11-6-4-10(14)5-7-11/h4-7,12,15H,2-3,8-9H2,1H3,(H,16,17). The highest BCUT2D eigenvalue weighted by atomic mass is 19.1. The fraction of sp³-hybridized carbons (Fsp3) is 0.462. The van der Waals surface area contributed by atoms with E-state index in [1.165, 1.54) is 24.3 Å². The van der Waals surface area contributed by atoms with Crippen LogP contribution in [0.4, 0.5) is 4.39 Å². The van der Waals surface area contributed by atoms with Crippen LogP contribution >= 0.6 is 0 Å². The molecule has 18 heavy (non-hydrogen) atoms. The van der Waals surface area contributed by atoms with Crippen molar-refractivity contribution in [3.8, 4) is 5.75 Å². The van der Waals surface area contributed by atoms with Crippen molar-refractivity contribution in [3.05, 3.63) is 30.1 Å². The SMILES string of the molecule is CCCC(NCCOc1ccc(F)cc1)C(=O)O. The van der Waals surface area contributed by atoms with E-state index in [0.29, 0.717) is 25.3 Å². The van der Waals surface area contributed by atoms with Crippen molar-refractivity contribution in [1.29, 1.82) is 0 Å². The number of ether oxygens (including phenoxy) is 1. The molecule has 4 nitrogen and oxygen atoms in total. The van der Waals surface area contributed by atoms with Crippen molar-refractivity contribution in [3.63, 3.8) is 0 Å². The molecule has 1 aromatic rings. The number of rotatable bonds is 8. The molecule has 0 bridgehead atoms. The highest BCUT2D eigenvalue weighted by Crippen LogP contribution is 2.10. The molecule has 0 aliphatic heterocycles. The Morgan fingerprint density at radius 1 is 1.44 bits per heavy atom. The lowest BCUT2D eigenvalue weighted by Crippen LogP contribution is -2.38. The van der Waals surface area contributed by atoms with Crippen LogP contribution in [0.15, 0.2) is 24.3 Å². The van der Waals surface area contributed by atoms with Crippen molar-refractivity contribution >= 4 is 5.97 Å². The summed E-state index contributed by atoms with van der Waals surface area (Å²) in [7, 11) is 0. The summed E-state index contributed by atoms with van der Waals surface area (Å²) in [6, 6.07) is 5.18. The van der Waals surface area contributed by atoms with Gasteiger partial charge in [0.1, 0.15) is 24.2 Å². The van der Waals surface area contributed by atoms with E-state index in [0.717, 1.165) is 6.42 Å². The van der Waals surface area contributed by atoms with Crippen LogP contribution in [0, 0.1) is 5.82 Å². The molecule has 0 aromatic heterocycles. The van der Waals surface area contributed by atoms with Crippen molar-refractivity contribution < 1.29 is 19.0 Å². The zero-order valence-electron chi connectivity index (χ0n) is 10.4. The Morgan fingerprint density at radius 3 is 2.67 bits per heavy atom. The normalized spacial score (nSPS) is 12.1. The monoisotopic (exact) mass is 255 g/mol.